The van der Waals surface area contributed by atoms with Crippen LogP contribution in [0.25, 0.3) is 10.8 Å². The molecule has 1 heteroatoms. The zero-order valence-electron chi connectivity index (χ0n) is 15.3. The Bertz CT molecular complexity index is 535. The van der Waals surface area contributed by atoms with Gasteiger partial charge in [-0.1, -0.05) is 95.8 Å². The smallest absolute Gasteiger partial charge is 0.0850 e. The molecule has 2 rings (SSSR count). The maximum Gasteiger partial charge on any atom is 0.0850 e. The molecule has 2 aromatic carbocycles. The molecule has 0 fully saturated rings. The van der Waals surface area contributed by atoms with Crippen molar-refractivity contribution in [3.8, 4) is 0 Å². The fourth-order valence-electron chi connectivity index (χ4n) is 2.84. The van der Waals surface area contributed by atoms with E-state index >= 15 is 0 Å². The summed E-state index contributed by atoms with van der Waals surface area (Å²) in [6.07, 6.45) is 6.00. The van der Waals surface area contributed by atoms with E-state index in [0.29, 0.717) is 11.8 Å². The van der Waals surface area contributed by atoms with Gasteiger partial charge in [-0.15, -0.1) is 0 Å². The van der Waals surface area contributed by atoms with Gasteiger partial charge in [-0.25, -0.2) is 5.11 Å². The third-order valence-corrected chi connectivity index (χ3v) is 4.47. The van der Waals surface area contributed by atoms with Crippen LogP contribution in [-0.2, 0) is 5.11 Å². The normalized spacial score (nSPS) is 12.1. The molecule has 0 aliphatic rings. The molecule has 0 aliphatic carbocycles. The Kier molecular flexibility index (Phi) is 9.63. The summed E-state index contributed by atoms with van der Waals surface area (Å²) in [5.41, 5.74) is 1.44. The lowest BCUT2D eigenvalue weighted by atomic mass is 9.96. The van der Waals surface area contributed by atoms with Crippen molar-refractivity contribution in [1.29, 1.82) is 0 Å². The molecule has 0 aliphatic heterocycles. The molecule has 0 saturated heterocycles. The average Bonchev–Trinajstić information content (AvgIpc) is 2.59. The molecule has 1 nitrogen and oxygen atoms in total. The number of unbranched alkanes of at least 4 members (excludes halogenated alkanes) is 2. The molecule has 127 valence electrons. The minimum absolute atomic E-state index is 0.125. The standard InChI is InChI=1S/C13H14.C9H19O/c1-10(2)12-9-5-7-11-6-3-4-8-13(11)12;1-3-5-6-7-9(4-2)8-10/h3-10H,1-2H3;9H,3-8H2,1-2H3. The van der Waals surface area contributed by atoms with Gasteiger partial charge < -0.3 is 0 Å². The summed E-state index contributed by atoms with van der Waals surface area (Å²) in [5.74, 6) is 1.05. The van der Waals surface area contributed by atoms with E-state index < -0.39 is 0 Å². The van der Waals surface area contributed by atoms with Gasteiger partial charge in [0.1, 0.15) is 0 Å². The highest BCUT2D eigenvalue weighted by molar-refractivity contribution is 5.86. The van der Waals surface area contributed by atoms with Crippen LogP contribution in [0.4, 0.5) is 0 Å². The van der Waals surface area contributed by atoms with Crippen molar-refractivity contribution in [3.63, 3.8) is 0 Å². The second-order valence-electron chi connectivity index (χ2n) is 6.66. The number of rotatable bonds is 7. The Morgan fingerprint density at radius 3 is 2.22 bits per heavy atom. The molecule has 1 radical (unpaired) electrons. The fraction of sp³-hybridized carbons (Fsp3) is 0.545. The van der Waals surface area contributed by atoms with Crippen LogP contribution in [0.1, 0.15) is 71.3 Å². The van der Waals surface area contributed by atoms with Gasteiger partial charge in [-0.3, -0.25) is 0 Å². The molecule has 23 heavy (non-hydrogen) atoms. The molecule has 0 N–H and O–H groups in total. The van der Waals surface area contributed by atoms with Crippen LogP contribution in [0.15, 0.2) is 42.5 Å². The van der Waals surface area contributed by atoms with E-state index in [4.69, 9.17) is 0 Å². The van der Waals surface area contributed by atoms with Gasteiger partial charge in [0.15, 0.2) is 0 Å². The number of hydrogen-bond acceptors (Lipinski definition) is 0. The maximum absolute atomic E-state index is 10.5. The lowest BCUT2D eigenvalue weighted by Crippen LogP contribution is -2.02. The average molecular weight is 314 g/mol. The minimum Gasteiger partial charge on any atom is -0.236 e. The molecule has 1 unspecified atom stereocenters. The zero-order chi connectivity index (χ0) is 17.1. The summed E-state index contributed by atoms with van der Waals surface area (Å²) in [6, 6.07) is 15.1. The number of benzene rings is 2. The number of hydrogen-bond donors (Lipinski definition) is 0. The van der Waals surface area contributed by atoms with E-state index in [2.05, 4.69) is 70.2 Å². The molecule has 0 heterocycles. The molecular weight excluding hydrogens is 280 g/mol. The molecule has 1 atom stereocenters. The van der Waals surface area contributed by atoms with Gasteiger partial charge in [0.25, 0.3) is 0 Å². The monoisotopic (exact) mass is 313 g/mol. The first-order valence-corrected chi connectivity index (χ1v) is 9.19. The SMILES string of the molecule is CC(C)c1cccc2ccccc12.CCCCCC(CC)C[O]. The molecule has 0 saturated carbocycles. The van der Waals surface area contributed by atoms with Crippen molar-refractivity contribution in [2.45, 2.75) is 65.7 Å². The summed E-state index contributed by atoms with van der Waals surface area (Å²) in [7, 11) is 0. The summed E-state index contributed by atoms with van der Waals surface area (Å²) in [4.78, 5) is 0. The van der Waals surface area contributed by atoms with E-state index in [9.17, 15) is 5.11 Å². The summed E-state index contributed by atoms with van der Waals surface area (Å²) in [5, 5.41) is 13.2. The van der Waals surface area contributed by atoms with Gasteiger partial charge >= 0.3 is 0 Å². The van der Waals surface area contributed by atoms with E-state index in [-0.39, 0.29) is 6.61 Å². The van der Waals surface area contributed by atoms with Crippen molar-refractivity contribution in [2.24, 2.45) is 5.92 Å². The molecule has 0 spiro atoms. The highest BCUT2D eigenvalue weighted by Crippen LogP contribution is 2.24. The third kappa shape index (κ3) is 6.74. The van der Waals surface area contributed by atoms with Crippen LogP contribution >= 0.6 is 0 Å². The molecule has 0 amide bonds. The van der Waals surface area contributed by atoms with Crippen molar-refractivity contribution >= 4 is 10.8 Å². The predicted octanol–water partition coefficient (Wildman–Crippen LogP) is 6.99. The van der Waals surface area contributed by atoms with E-state index in [1.807, 2.05) is 0 Å². The maximum atomic E-state index is 10.5. The van der Waals surface area contributed by atoms with Crippen molar-refractivity contribution in [3.05, 3.63) is 48.0 Å². The van der Waals surface area contributed by atoms with Gasteiger partial charge in [-0.2, -0.15) is 0 Å². The Morgan fingerprint density at radius 1 is 0.913 bits per heavy atom. The Balaban J connectivity index is 0.000000241. The van der Waals surface area contributed by atoms with E-state index in [0.717, 1.165) is 12.8 Å². The largest absolute Gasteiger partial charge is 0.236 e. The second kappa shape index (κ2) is 11.2. The quantitative estimate of drug-likeness (QED) is 0.491. The topological polar surface area (TPSA) is 19.9 Å². The van der Waals surface area contributed by atoms with E-state index in [1.54, 1.807) is 0 Å². The Hall–Kier alpha value is -1.34. The van der Waals surface area contributed by atoms with Gasteiger partial charge in [0.05, 0.1) is 6.61 Å². The minimum atomic E-state index is 0.125. The van der Waals surface area contributed by atoms with Gasteiger partial charge in [0, 0.05) is 0 Å². The van der Waals surface area contributed by atoms with Crippen LogP contribution in [0.5, 0.6) is 0 Å². The molecule has 2 aromatic rings. The van der Waals surface area contributed by atoms with Crippen LogP contribution in [0, 0.1) is 5.92 Å². The van der Waals surface area contributed by atoms with Crippen molar-refractivity contribution in [2.75, 3.05) is 6.61 Å². The van der Waals surface area contributed by atoms with Crippen LogP contribution < -0.4 is 0 Å². The Morgan fingerprint density at radius 2 is 1.61 bits per heavy atom. The lowest BCUT2D eigenvalue weighted by molar-refractivity contribution is 0.135. The molecule has 0 bridgehead atoms. The zero-order valence-corrected chi connectivity index (χ0v) is 15.3. The Labute approximate surface area is 142 Å². The first kappa shape index (κ1) is 19.7. The van der Waals surface area contributed by atoms with E-state index in [1.165, 1.54) is 35.6 Å². The van der Waals surface area contributed by atoms with Crippen molar-refractivity contribution < 1.29 is 5.11 Å². The van der Waals surface area contributed by atoms with Crippen LogP contribution in [0.3, 0.4) is 0 Å². The summed E-state index contributed by atoms with van der Waals surface area (Å²) in [6.45, 7) is 8.90. The third-order valence-electron chi connectivity index (χ3n) is 4.47. The first-order valence-electron chi connectivity index (χ1n) is 9.19. The highest BCUT2D eigenvalue weighted by atomic mass is 16.3. The molecule has 0 aromatic heterocycles. The first-order chi connectivity index (χ1) is 11.1. The van der Waals surface area contributed by atoms with Gasteiger partial charge in [-0.05, 0) is 34.6 Å². The van der Waals surface area contributed by atoms with Gasteiger partial charge in [0.2, 0.25) is 0 Å². The highest BCUT2D eigenvalue weighted by Gasteiger charge is 2.03. The predicted molar refractivity (Wildman–Crippen MR) is 102 cm³/mol. The van der Waals surface area contributed by atoms with Crippen molar-refractivity contribution in [1.82, 2.24) is 0 Å². The summed E-state index contributed by atoms with van der Waals surface area (Å²) < 4.78 is 0. The molecular formula is C22H33O. The number of fused-ring (bicyclic) bond motifs is 1. The summed E-state index contributed by atoms with van der Waals surface area (Å²) >= 11 is 0. The lowest BCUT2D eigenvalue weighted by Gasteiger charge is -2.08. The van der Waals surface area contributed by atoms with Crippen LogP contribution in [0.2, 0.25) is 0 Å². The second-order valence-corrected chi connectivity index (χ2v) is 6.66. The van der Waals surface area contributed by atoms with Crippen LogP contribution in [-0.4, -0.2) is 6.61 Å². The fourth-order valence-corrected chi connectivity index (χ4v) is 2.84.